The third kappa shape index (κ3) is 4.05. The van der Waals surface area contributed by atoms with Gasteiger partial charge in [0.05, 0.1) is 5.69 Å². The van der Waals surface area contributed by atoms with E-state index in [1.165, 1.54) is 0 Å². The molecule has 0 aliphatic heterocycles. The van der Waals surface area contributed by atoms with Gasteiger partial charge in [-0.05, 0) is 36.4 Å². The largest absolute Gasteiger partial charge is 0.454 e. The van der Waals surface area contributed by atoms with E-state index < -0.39 is 0 Å². The van der Waals surface area contributed by atoms with Gasteiger partial charge in [-0.25, -0.2) is 0 Å². The molecule has 31 heavy (non-hydrogen) atoms. The van der Waals surface area contributed by atoms with Gasteiger partial charge in [0.2, 0.25) is 0 Å². The Morgan fingerprint density at radius 2 is 1.06 bits per heavy atom. The molecule has 0 unspecified atom stereocenters. The first-order valence-electron chi connectivity index (χ1n) is 10.1. The molecule has 5 aromatic rings. The lowest BCUT2D eigenvalue weighted by molar-refractivity contribution is 0.597. The maximum atomic E-state index is 6.49. The van der Waals surface area contributed by atoms with Crippen molar-refractivity contribution in [3.63, 3.8) is 0 Å². The minimum atomic E-state index is 0.832. The van der Waals surface area contributed by atoms with Crippen molar-refractivity contribution in [1.82, 2.24) is 0 Å². The second kappa shape index (κ2) is 8.66. The monoisotopic (exact) mass is 465 g/mol. The van der Waals surface area contributed by atoms with Gasteiger partial charge in [-0.1, -0.05) is 94.8 Å². The molecule has 0 atom stereocenters. The number of halogens is 1. The summed E-state index contributed by atoms with van der Waals surface area (Å²) in [4.78, 5) is 2.24. The Kier molecular flexibility index (Phi) is 5.42. The van der Waals surface area contributed by atoms with Gasteiger partial charge in [-0.3, -0.25) is 0 Å². The van der Waals surface area contributed by atoms with Gasteiger partial charge in [-0.15, -0.1) is 0 Å². The maximum absolute atomic E-state index is 6.49. The van der Waals surface area contributed by atoms with E-state index in [0.717, 1.165) is 44.2 Å². The Balaban J connectivity index is 1.75. The molecular weight excluding hydrogens is 446 g/mol. The summed E-state index contributed by atoms with van der Waals surface area (Å²) in [5, 5.41) is 0. The highest BCUT2D eigenvalue weighted by Gasteiger charge is 2.22. The van der Waals surface area contributed by atoms with Crippen LogP contribution in [0.2, 0.25) is 0 Å². The smallest absolute Gasteiger partial charge is 0.158 e. The van der Waals surface area contributed by atoms with Crippen molar-refractivity contribution in [2.45, 2.75) is 0 Å². The summed E-state index contributed by atoms with van der Waals surface area (Å²) < 4.78 is 7.53. The summed E-state index contributed by atoms with van der Waals surface area (Å²) in [5.41, 5.74) is 5.23. The molecule has 5 rings (SSSR count). The van der Waals surface area contributed by atoms with Crippen molar-refractivity contribution in [2.75, 3.05) is 4.90 Å². The predicted molar refractivity (Wildman–Crippen MR) is 132 cm³/mol. The lowest BCUT2D eigenvalue weighted by atomic mass is 10.1. The van der Waals surface area contributed by atoms with Crippen LogP contribution in [-0.4, -0.2) is 0 Å². The van der Waals surface area contributed by atoms with E-state index in [1.54, 1.807) is 0 Å². The molecule has 0 spiro atoms. The van der Waals surface area contributed by atoms with Crippen LogP contribution in [0.4, 0.5) is 17.1 Å². The van der Waals surface area contributed by atoms with Crippen LogP contribution in [0.3, 0.4) is 0 Å². The zero-order chi connectivity index (χ0) is 21.0. The number of anilines is 3. The fourth-order valence-electron chi connectivity index (χ4n) is 3.68. The number of hydrogen-bond acceptors (Lipinski definition) is 2. The first kappa shape index (κ1) is 19.4. The van der Waals surface area contributed by atoms with Gasteiger partial charge < -0.3 is 9.32 Å². The molecular formula is C28H20BrNO. The lowest BCUT2D eigenvalue weighted by Gasteiger charge is -2.24. The zero-order valence-electron chi connectivity index (χ0n) is 16.8. The van der Waals surface area contributed by atoms with Crippen LogP contribution in [0, 0.1) is 0 Å². The van der Waals surface area contributed by atoms with Gasteiger partial charge in [0.1, 0.15) is 5.76 Å². The fraction of sp³-hybridized carbons (Fsp3) is 0. The Morgan fingerprint density at radius 1 is 0.548 bits per heavy atom. The molecule has 0 bridgehead atoms. The van der Waals surface area contributed by atoms with E-state index in [-0.39, 0.29) is 0 Å². The highest BCUT2D eigenvalue weighted by atomic mass is 79.9. The number of benzene rings is 4. The third-order valence-electron chi connectivity index (χ3n) is 5.15. The summed E-state index contributed by atoms with van der Waals surface area (Å²) in [7, 11) is 0. The van der Waals surface area contributed by atoms with E-state index in [4.69, 9.17) is 4.42 Å². The predicted octanol–water partition coefficient (Wildman–Crippen LogP) is 8.85. The first-order valence-corrected chi connectivity index (χ1v) is 10.9. The van der Waals surface area contributed by atoms with E-state index in [0.29, 0.717) is 0 Å². The average Bonchev–Trinajstić information content (AvgIpc) is 3.27. The minimum Gasteiger partial charge on any atom is -0.454 e. The first-order chi connectivity index (χ1) is 15.3. The number of para-hydroxylation sites is 2. The SMILES string of the molecule is Brc1ccc(-c2oc(-c3ccccc3)cc2N(c2ccccc2)c2ccccc2)cc1. The number of hydrogen-bond donors (Lipinski definition) is 0. The summed E-state index contributed by atoms with van der Waals surface area (Å²) >= 11 is 3.54. The Hall–Kier alpha value is -3.56. The summed E-state index contributed by atoms with van der Waals surface area (Å²) in [5.74, 6) is 1.67. The van der Waals surface area contributed by atoms with Crippen LogP contribution in [0.5, 0.6) is 0 Å². The van der Waals surface area contributed by atoms with Crippen molar-refractivity contribution in [3.05, 3.63) is 126 Å². The molecule has 0 aliphatic carbocycles. The topological polar surface area (TPSA) is 16.4 Å². The molecule has 0 fully saturated rings. The second-order valence-corrected chi connectivity index (χ2v) is 8.12. The second-order valence-electron chi connectivity index (χ2n) is 7.20. The van der Waals surface area contributed by atoms with E-state index >= 15 is 0 Å². The summed E-state index contributed by atoms with van der Waals surface area (Å²) in [6.07, 6.45) is 0. The quantitative estimate of drug-likeness (QED) is 0.257. The standard InChI is InChI=1S/C28H20BrNO/c29-23-18-16-22(17-19-23)28-26(20-27(31-28)21-10-4-1-5-11-21)30(24-12-6-2-7-13-24)25-14-8-3-9-15-25/h1-20H. The minimum absolute atomic E-state index is 0.832. The molecule has 0 saturated carbocycles. The lowest BCUT2D eigenvalue weighted by Crippen LogP contribution is -2.09. The summed E-state index contributed by atoms with van der Waals surface area (Å²) in [6, 6.07) is 41.4. The normalized spacial score (nSPS) is 10.7. The van der Waals surface area contributed by atoms with Gasteiger partial charge in [-0.2, -0.15) is 0 Å². The summed E-state index contributed by atoms with van der Waals surface area (Å²) in [6.45, 7) is 0. The maximum Gasteiger partial charge on any atom is 0.158 e. The number of nitrogens with zero attached hydrogens (tertiary/aromatic N) is 1. The molecule has 0 N–H and O–H groups in total. The molecule has 1 heterocycles. The molecule has 0 radical (unpaired) electrons. The molecule has 150 valence electrons. The molecule has 0 saturated heterocycles. The van der Waals surface area contributed by atoms with Crippen LogP contribution in [-0.2, 0) is 0 Å². The van der Waals surface area contributed by atoms with Crippen LogP contribution < -0.4 is 4.90 Å². The van der Waals surface area contributed by atoms with E-state index in [9.17, 15) is 0 Å². The van der Waals surface area contributed by atoms with E-state index in [2.05, 4.69) is 99.7 Å². The van der Waals surface area contributed by atoms with Gasteiger partial charge >= 0.3 is 0 Å². The highest BCUT2D eigenvalue weighted by molar-refractivity contribution is 9.10. The third-order valence-corrected chi connectivity index (χ3v) is 5.68. The molecule has 2 nitrogen and oxygen atoms in total. The van der Waals surface area contributed by atoms with Crippen molar-refractivity contribution in [3.8, 4) is 22.6 Å². The zero-order valence-corrected chi connectivity index (χ0v) is 18.4. The van der Waals surface area contributed by atoms with Crippen molar-refractivity contribution >= 4 is 33.0 Å². The average molecular weight is 466 g/mol. The highest BCUT2D eigenvalue weighted by Crippen LogP contribution is 2.44. The molecule has 1 aromatic heterocycles. The van der Waals surface area contributed by atoms with Gasteiger partial charge in [0.25, 0.3) is 0 Å². The molecule has 3 heteroatoms. The van der Waals surface area contributed by atoms with Crippen LogP contribution in [0.25, 0.3) is 22.6 Å². The molecule has 0 amide bonds. The van der Waals surface area contributed by atoms with Crippen LogP contribution in [0.1, 0.15) is 0 Å². The number of rotatable bonds is 5. The van der Waals surface area contributed by atoms with Crippen LogP contribution >= 0.6 is 15.9 Å². The van der Waals surface area contributed by atoms with E-state index in [1.807, 2.05) is 42.5 Å². The Labute approximate surface area is 190 Å². The van der Waals surface area contributed by atoms with Gasteiger partial charge in [0, 0.05) is 33.0 Å². The van der Waals surface area contributed by atoms with Crippen molar-refractivity contribution in [1.29, 1.82) is 0 Å². The Morgan fingerprint density at radius 3 is 1.61 bits per heavy atom. The van der Waals surface area contributed by atoms with Crippen molar-refractivity contribution < 1.29 is 4.42 Å². The Bertz CT molecular complexity index is 1220. The van der Waals surface area contributed by atoms with Gasteiger partial charge in [0.15, 0.2) is 5.76 Å². The fourth-order valence-corrected chi connectivity index (χ4v) is 3.95. The molecule has 0 aliphatic rings. The molecule has 4 aromatic carbocycles. The van der Waals surface area contributed by atoms with Crippen molar-refractivity contribution in [2.24, 2.45) is 0 Å². The number of furan rings is 1. The van der Waals surface area contributed by atoms with Crippen LogP contribution in [0.15, 0.2) is 130 Å².